The SMILES string of the molecule is Cc1cc(C(=O)N2CCC[C@H]2c2ncn[nH]2)ncc1C#N. The van der Waals surface area contributed by atoms with Gasteiger partial charge in [0.15, 0.2) is 0 Å². The van der Waals surface area contributed by atoms with Crippen molar-refractivity contribution in [1.29, 1.82) is 5.26 Å². The number of H-pyrrole nitrogens is 1. The lowest BCUT2D eigenvalue weighted by Gasteiger charge is -2.22. The minimum Gasteiger partial charge on any atom is -0.327 e. The maximum atomic E-state index is 12.6. The molecule has 0 saturated carbocycles. The maximum Gasteiger partial charge on any atom is 0.273 e. The van der Waals surface area contributed by atoms with Crippen molar-refractivity contribution in [3.63, 3.8) is 0 Å². The normalized spacial score (nSPS) is 17.7. The summed E-state index contributed by atoms with van der Waals surface area (Å²) < 4.78 is 0. The number of aryl methyl sites for hydroxylation is 1. The second kappa shape index (κ2) is 5.32. The Labute approximate surface area is 121 Å². The van der Waals surface area contributed by atoms with Crippen LogP contribution in [0.3, 0.4) is 0 Å². The first-order chi connectivity index (χ1) is 10.2. The number of aromatic amines is 1. The minimum atomic E-state index is -0.138. The molecule has 0 bridgehead atoms. The number of hydrogen-bond acceptors (Lipinski definition) is 5. The molecule has 1 amide bonds. The molecule has 0 spiro atoms. The molecule has 2 aromatic rings. The molecule has 7 nitrogen and oxygen atoms in total. The first-order valence-corrected chi connectivity index (χ1v) is 6.73. The topological polar surface area (TPSA) is 98.6 Å². The molecule has 21 heavy (non-hydrogen) atoms. The molecule has 1 fully saturated rings. The van der Waals surface area contributed by atoms with Crippen molar-refractivity contribution in [2.24, 2.45) is 0 Å². The zero-order chi connectivity index (χ0) is 14.8. The summed E-state index contributed by atoms with van der Waals surface area (Å²) in [6, 6.07) is 3.63. The fraction of sp³-hybridized carbons (Fsp3) is 0.357. The first-order valence-electron chi connectivity index (χ1n) is 6.73. The zero-order valence-electron chi connectivity index (χ0n) is 11.6. The van der Waals surface area contributed by atoms with E-state index in [1.165, 1.54) is 12.5 Å². The van der Waals surface area contributed by atoms with E-state index in [1.54, 1.807) is 17.9 Å². The van der Waals surface area contributed by atoms with Crippen LogP contribution in [0.4, 0.5) is 0 Å². The van der Waals surface area contributed by atoms with Crippen molar-refractivity contribution < 1.29 is 4.79 Å². The molecule has 1 aliphatic heterocycles. The van der Waals surface area contributed by atoms with Crippen LogP contribution in [0.25, 0.3) is 0 Å². The van der Waals surface area contributed by atoms with Gasteiger partial charge in [-0.15, -0.1) is 0 Å². The summed E-state index contributed by atoms with van der Waals surface area (Å²) in [4.78, 5) is 22.6. The number of nitrogens with zero attached hydrogens (tertiary/aromatic N) is 5. The number of nitrogens with one attached hydrogen (secondary N) is 1. The average Bonchev–Trinajstić information content (AvgIpc) is 3.16. The molecule has 0 aromatic carbocycles. The maximum absolute atomic E-state index is 12.6. The largest absolute Gasteiger partial charge is 0.327 e. The van der Waals surface area contributed by atoms with Crippen LogP contribution in [0.2, 0.25) is 0 Å². The first kappa shape index (κ1) is 13.2. The quantitative estimate of drug-likeness (QED) is 0.896. The summed E-state index contributed by atoms with van der Waals surface area (Å²) in [6.45, 7) is 2.47. The van der Waals surface area contributed by atoms with E-state index in [1.807, 2.05) is 0 Å². The van der Waals surface area contributed by atoms with E-state index in [2.05, 4.69) is 26.2 Å². The Morgan fingerprint density at radius 1 is 1.52 bits per heavy atom. The van der Waals surface area contributed by atoms with Crippen LogP contribution < -0.4 is 0 Å². The molecule has 106 valence electrons. The Morgan fingerprint density at radius 3 is 3.05 bits per heavy atom. The number of pyridine rings is 1. The highest BCUT2D eigenvalue weighted by Crippen LogP contribution is 2.30. The summed E-state index contributed by atoms with van der Waals surface area (Å²) >= 11 is 0. The Bertz CT molecular complexity index is 703. The predicted octanol–water partition coefficient (Wildman–Crippen LogP) is 1.36. The van der Waals surface area contributed by atoms with Crippen molar-refractivity contribution in [3.05, 3.63) is 41.2 Å². The van der Waals surface area contributed by atoms with E-state index in [9.17, 15) is 4.79 Å². The van der Waals surface area contributed by atoms with Gasteiger partial charge in [-0.25, -0.2) is 9.97 Å². The summed E-state index contributed by atoms with van der Waals surface area (Å²) in [6.07, 6.45) is 4.67. The Hall–Kier alpha value is -2.75. The highest BCUT2D eigenvalue weighted by Gasteiger charge is 2.33. The second-order valence-corrected chi connectivity index (χ2v) is 5.02. The summed E-state index contributed by atoms with van der Waals surface area (Å²) in [7, 11) is 0. The van der Waals surface area contributed by atoms with Crippen LogP contribution in [0, 0.1) is 18.3 Å². The summed E-state index contributed by atoms with van der Waals surface area (Å²) in [5.41, 5.74) is 1.60. The number of carbonyl (C=O) groups is 1. The molecule has 7 heteroatoms. The molecular weight excluding hydrogens is 268 g/mol. The lowest BCUT2D eigenvalue weighted by molar-refractivity contribution is 0.0724. The minimum absolute atomic E-state index is 0.0854. The molecule has 0 aliphatic carbocycles. The molecule has 3 heterocycles. The summed E-state index contributed by atoms with van der Waals surface area (Å²) in [5, 5.41) is 15.6. The van der Waals surface area contributed by atoms with Gasteiger partial charge in [-0.2, -0.15) is 10.4 Å². The van der Waals surface area contributed by atoms with E-state index in [4.69, 9.17) is 5.26 Å². The van der Waals surface area contributed by atoms with Crippen LogP contribution in [-0.4, -0.2) is 37.5 Å². The summed E-state index contributed by atoms with van der Waals surface area (Å²) in [5.74, 6) is 0.563. The average molecular weight is 282 g/mol. The molecular formula is C14H14N6O. The van der Waals surface area contributed by atoms with Crippen LogP contribution >= 0.6 is 0 Å². The lowest BCUT2D eigenvalue weighted by atomic mass is 10.1. The predicted molar refractivity (Wildman–Crippen MR) is 73.1 cm³/mol. The van der Waals surface area contributed by atoms with Gasteiger partial charge in [0.2, 0.25) is 0 Å². The van der Waals surface area contributed by atoms with Gasteiger partial charge in [0.05, 0.1) is 11.6 Å². The van der Waals surface area contributed by atoms with E-state index in [-0.39, 0.29) is 11.9 Å². The van der Waals surface area contributed by atoms with E-state index < -0.39 is 0 Å². The van der Waals surface area contributed by atoms with Crippen LogP contribution in [-0.2, 0) is 0 Å². The van der Waals surface area contributed by atoms with Gasteiger partial charge in [-0.1, -0.05) is 0 Å². The third-order valence-electron chi connectivity index (χ3n) is 3.71. The molecule has 1 aliphatic rings. The Balaban J connectivity index is 1.88. The van der Waals surface area contributed by atoms with Crippen LogP contribution in [0.5, 0.6) is 0 Å². The molecule has 0 radical (unpaired) electrons. The van der Waals surface area contributed by atoms with Gasteiger partial charge in [0.25, 0.3) is 5.91 Å². The zero-order valence-corrected chi connectivity index (χ0v) is 11.6. The monoisotopic (exact) mass is 282 g/mol. The molecule has 1 saturated heterocycles. The number of nitriles is 1. The van der Waals surface area contributed by atoms with Crippen molar-refractivity contribution in [3.8, 4) is 6.07 Å². The Kier molecular flexibility index (Phi) is 3.36. The fourth-order valence-electron chi connectivity index (χ4n) is 2.61. The number of aromatic nitrogens is 4. The third kappa shape index (κ3) is 2.36. The second-order valence-electron chi connectivity index (χ2n) is 5.02. The van der Waals surface area contributed by atoms with Crippen LogP contribution in [0.1, 0.15) is 46.3 Å². The molecule has 1 N–H and O–H groups in total. The van der Waals surface area contributed by atoms with Gasteiger partial charge in [-0.3, -0.25) is 9.89 Å². The molecule has 2 aromatic heterocycles. The van der Waals surface area contributed by atoms with Crippen molar-refractivity contribution in [2.45, 2.75) is 25.8 Å². The van der Waals surface area contributed by atoms with Gasteiger partial charge in [-0.05, 0) is 31.4 Å². The van der Waals surface area contributed by atoms with Crippen molar-refractivity contribution >= 4 is 5.91 Å². The number of rotatable bonds is 2. The lowest BCUT2D eigenvalue weighted by Crippen LogP contribution is -2.31. The molecule has 0 unspecified atom stereocenters. The third-order valence-corrected chi connectivity index (χ3v) is 3.71. The van der Waals surface area contributed by atoms with Crippen molar-refractivity contribution in [1.82, 2.24) is 25.1 Å². The van der Waals surface area contributed by atoms with Crippen molar-refractivity contribution in [2.75, 3.05) is 6.54 Å². The highest BCUT2D eigenvalue weighted by atomic mass is 16.2. The van der Waals surface area contributed by atoms with Gasteiger partial charge in [0, 0.05) is 12.7 Å². The number of likely N-dealkylation sites (tertiary alicyclic amines) is 1. The Morgan fingerprint density at radius 2 is 2.38 bits per heavy atom. The molecule has 3 rings (SSSR count). The van der Waals surface area contributed by atoms with Gasteiger partial charge < -0.3 is 4.90 Å². The fourth-order valence-corrected chi connectivity index (χ4v) is 2.61. The van der Waals surface area contributed by atoms with E-state index in [0.29, 0.717) is 23.6 Å². The number of hydrogen-bond donors (Lipinski definition) is 1. The smallest absolute Gasteiger partial charge is 0.273 e. The number of amides is 1. The van der Waals surface area contributed by atoms with Crippen LogP contribution in [0.15, 0.2) is 18.6 Å². The number of carbonyl (C=O) groups excluding carboxylic acids is 1. The van der Waals surface area contributed by atoms with E-state index >= 15 is 0 Å². The van der Waals surface area contributed by atoms with Gasteiger partial charge >= 0.3 is 0 Å². The van der Waals surface area contributed by atoms with E-state index in [0.717, 1.165) is 18.4 Å². The molecule has 1 atom stereocenters. The standard InChI is InChI=1S/C14H14N6O/c1-9-5-11(16-7-10(9)6-15)14(21)20-4-2-3-12(20)13-17-8-18-19-13/h5,7-8,12H,2-4H2,1H3,(H,17,18,19)/t12-/m0/s1. The highest BCUT2D eigenvalue weighted by molar-refractivity contribution is 5.93. The van der Waals surface area contributed by atoms with Gasteiger partial charge in [0.1, 0.15) is 23.9 Å².